The molecule has 2 heteroatoms. The van der Waals surface area contributed by atoms with Gasteiger partial charge in [-0.2, -0.15) is 0 Å². The Hall–Kier alpha value is -2.74. The van der Waals surface area contributed by atoms with Gasteiger partial charge in [-0.3, -0.25) is 0 Å². The molecule has 2 N–H and O–H groups in total. The van der Waals surface area contributed by atoms with Crippen molar-refractivity contribution in [2.75, 3.05) is 0 Å². The van der Waals surface area contributed by atoms with Gasteiger partial charge in [-0.1, -0.05) is 64.1 Å². The van der Waals surface area contributed by atoms with Gasteiger partial charge in [0, 0.05) is 16.7 Å². The van der Waals surface area contributed by atoms with Gasteiger partial charge < -0.3 is 10.2 Å². The highest BCUT2D eigenvalue weighted by molar-refractivity contribution is 5.90. The van der Waals surface area contributed by atoms with E-state index in [1.807, 2.05) is 42.5 Å². The Bertz CT molecular complexity index is 923. The highest BCUT2D eigenvalue weighted by atomic mass is 16.3. The highest BCUT2D eigenvalue weighted by Gasteiger charge is 2.22. The van der Waals surface area contributed by atoms with Gasteiger partial charge in [0.2, 0.25) is 0 Å². The zero-order valence-corrected chi connectivity index (χ0v) is 15.7. The largest absolute Gasteiger partial charge is 0.507 e. The maximum absolute atomic E-state index is 10.6. The van der Waals surface area contributed by atoms with E-state index in [1.54, 1.807) is 12.1 Å². The van der Waals surface area contributed by atoms with E-state index in [1.165, 1.54) is 11.1 Å². The van der Waals surface area contributed by atoms with Crippen LogP contribution in [0.5, 0.6) is 11.5 Å². The van der Waals surface area contributed by atoms with Crippen LogP contribution in [-0.4, -0.2) is 10.2 Å². The summed E-state index contributed by atoms with van der Waals surface area (Å²) in [5.74, 6) is 1.06. The third-order valence-electron chi connectivity index (χ3n) is 4.75. The van der Waals surface area contributed by atoms with Crippen molar-refractivity contribution in [1.82, 2.24) is 0 Å². The fourth-order valence-electron chi connectivity index (χ4n) is 3.54. The van der Waals surface area contributed by atoms with Gasteiger partial charge in [-0.25, -0.2) is 0 Å². The van der Waals surface area contributed by atoms with Gasteiger partial charge in [-0.15, -0.1) is 0 Å². The number of benzene rings is 3. The number of aromatic hydroxyl groups is 2. The maximum atomic E-state index is 10.6. The van der Waals surface area contributed by atoms with E-state index in [2.05, 4.69) is 33.8 Å². The van der Waals surface area contributed by atoms with Crippen molar-refractivity contribution in [2.24, 2.45) is 0 Å². The first kappa shape index (κ1) is 18.1. The summed E-state index contributed by atoms with van der Waals surface area (Å²) in [5.41, 5.74) is 5.68. The molecule has 3 aromatic rings. The number of rotatable bonds is 4. The molecule has 0 spiro atoms. The van der Waals surface area contributed by atoms with E-state index >= 15 is 0 Å². The molecule has 0 heterocycles. The Morgan fingerprint density at radius 2 is 1.27 bits per heavy atom. The van der Waals surface area contributed by atoms with Crippen LogP contribution in [0.4, 0.5) is 0 Å². The predicted octanol–water partition coefficient (Wildman–Crippen LogP) is 6.48. The van der Waals surface area contributed by atoms with Crippen LogP contribution in [-0.2, 0) is 0 Å². The third kappa shape index (κ3) is 3.20. The van der Waals surface area contributed by atoms with E-state index in [-0.39, 0.29) is 17.4 Å². The summed E-state index contributed by atoms with van der Waals surface area (Å²) in [6.45, 7) is 8.67. The minimum Gasteiger partial charge on any atom is -0.507 e. The van der Waals surface area contributed by atoms with Crippen LogP contribution >= 0.6 is 0 Å². The Labute approximate surface area is 155 Å². The fraction of sp³-hybridized carbons (Fsp3) is 0.250. The molecule has 2 nitrogen and oxygen atoms in total. The zero-order valence-electron chi connectivity index (χ0n) is 15.7. The van der Waals surface area contributed by atoms with E-state index < -0.39 is 0 Å². The Kier molecular flexibility index (Phi) is 5.03. The van der Waals surface area contributed by atoms with Gasteiger partial charge >= 0.3 is 0 Å². The third-order valence-corrected chi connectivity index (χ3v) is 4.75. The molecule has 0 saturated carbocycles. The second-order valence-electron chi connectivity index (χ2n) is 7.25. The van der Waals surface area contributed by atoms with Crippen molar-refractivity contribution in [3.05, 3.63) is 71.8 Å². The summed E-state index contributed by atoms with van der Waals surface area (Å²) < 4.78 is 0. The molecule has 0 saturated heterocycles. The van der Waals surface area contributed by atoms with Crippen LogP contribution in [0, 0.1) is 6.07 Å². The molecule has 0 unspecified atom stereocenters. The second kappa shape index (κ2) is 7.25. The molecule has 0 aliphatic rings. The first-order chi connectivity index (χ1) is 12.4. The average Bonchev–Trinajstić information content (AvgIpc) is 2.61. The molecule has 0 bridgehead atoms. The van der Waals surface area contributed by atoms with Crippen molar-refractivity contribution in [3.63, 3.8) is 0 Å². The number of hydrogen-bond donors (Lipinski definition) is 2. The molecular weight excluding hydrogens is 320 g/mol. The Balaban J connectivity index is 2.45. The van der Waals surface area contributed by atoms with Gasteiger partial charge in [0.1, 0.15) is 11.5 Å². The summed E-state index contributed by atoms with van der Waals surface area (Å²) in [6.07, 6.45) is 0. The maximum Gasteiger partial charge on any atom is 0.123 e. The molecule has 0 atom stereocenters. The van der Waals surface area contributed by atoms with Crippen molar-refractivity contribution in [2.45, 2.75) is 39.5 Å². The molecule has 3 rings (SSSR count). The number of phenols is 2. The lowest BCUT2D eigenvalue weighted by Crippen LogP contribution is -2.04. The molecule has 0 fully saturated rings. The smallest absolute Gasteiger partial charge is 0.123 e. The molecule has 0 aliphatic heterocycles. The number of para-hydroxylation sites is 2. The summed E-state index contributed by atoms with van der Waals surface area (Å²) in [5, 5.41) is 21.0. The molecule has 0 aromatic heterocycles. The zero-order chi connectivity index (χ0) is 18.8. The lowest BCUT2D eigenvalue weighted by atomic mass is 9.80. The van der Waals surface area contributed by atoms with Crippen molar-refractivity contribution >= 4 is 0 Å². The van der Waals surface area contributed by atoms with Crippen molar-refractivity contribution < 1.29 is 10.2 Å². The van der Waals surface area contributed by atoms with Crippen LogP contribution in [0.2, 0.25) is 0 Å². The quantitative estimate of drug-likeness (QED) is 0.568. The molecule has 26 heavy (non-hydrogen) atoms. The van der Waals surface area contributed by atoms with Gasteiger partial charge in [0.05, 0.1) is 0 Å². The fourth-order valence-corrected chi connectivity index (χ4v) is 3.54. The van der Waals surface area contributed by atoms with Gasteiger partial charge in [0.25, 0.3) is 0 Å². The SMILES string of the molecule is CC(C)c1c[c]c(-c2ccccc2O)c(-c2ccccc2O)c1C(C)C. The lowest BCUT2D eigenvalue weighted by Gasteiger charge is -2.24. The molecule has 3 aromatic carbocycles. The number of hydrogen-bond acceptors (Lipinski definition) is 2. The average molecular weight is 345 g/mol. The molecule has 1 radical (unpaired) electrons. The summed E-state index contributed by atoms with van der Waals surface area (Å²) in [7, 11) is 0. The van der Waals surface area contributed by atoms with Crippen molar-refractivity contribution in [3.8, 4) is 33.8 Å². The lowest BCUT2D eigenvalue weighted by molar-refractivity contribution is 0.476. The minimum atomic E-state index is 0.215. The van der Waals surface area contributed by atoms with E-state index in [9.17, 15) is 10.2 Å². The van der Waals surface area contributed by atoms with E-state index in [0.717, 1.165) is 22.3 Å². The second-order valence-corrected chi connectivity index (χ2v) is 7.25. The van der Waals surface area contributed by atoms with Crippen molar-refractivity contribution in [1.29, 1.82) is 0 Å². The molecule has 0 amide bonds. The van der Waals surface area contributed by atoms with E-state index in [0.29, 0.717) is 5.92 Å². The highest BCUT2D eigenvalue weighted by Crippen LogP contribution is 2.45. The topological polar surface area (TPSA) is 40.5 Å². The van der Waals surface area contributed by atoms with E-state index in [4.69, 9.17) is 0 Å². The van der Waals surface area contributed by atoms with Crippen LogP contribution in [0.3, 0.4) is 0 Å². The first-order valence-electron chi connectivity index (χ1n) is 9.07. The summed E-state index contributed by atoms with van der Waals surface area (Å²) >= 11 is 0. The summed E-state index contributed by atoms with van der Waals surface area (Å²) in [6, 6.07) is 20.1. The number of phenolic OH excluding ortho intramolecular Hbond substituents is 2. The Morgan fingerprint density at radius 3 is 1.77 bits per heavy atom. The van der Waals surface area contributed by atoms with Crippen LogP contribution in [0.1, 0.15) is 50.7 Å². The predicted molar refractivity (Wildman–Crippen MR) is 108 cm³/mol. The molecule has 133 valence electrons. The van der Waals surface area contributed by atoms with Gasteiger partial charge in [-0.05, 0) is 52.8 Å². The van der Waals surface area contributed by atoms with Crippen LogP contribution in [0.15, 0.2) is 54.6 Å². The Morgan fingerprint density at radius 1 is 0.731 bits per heavy atom. The monoisotopic (exact) mass is 345 g/mol. The minimum absolute atomic E-state index is 0.215. The van der Waals surface area contributed by atoms with Crippen LogP contribution in [0.25, 0.3) is 22.3 Å². The molecular formula is C24H25O2. The standard InChI is InChI=1S/C24H25O2/c1-15(2)17-13-14-19(18-9-5-7-11-21(18)25)24(23(17)16(3)4)20-10-6-8-12-22(20)26/h5-13,15-16,25-26H,1-4H3. The van der Waals surface area contributed by atoms with Gasteiger partial charge in [0.15, 0.2) is 0 Å². The normalized spacial score (nSPS) is 11.3. The first-order valence-corrected chi connectivity index (χ1v) is 9.07. The van der Waals surface area contributed by atoms with Crippen LogP contribution < -0.4 is 0 Å². The summed E-state index contributed by atoms with van der Waals surface area (Å²) in [4.78, 5) is 0. The molecule has 0 aliphatic carbocycles.